The van der Waals surface area contributed by atoms with Gasteiger partial charge in [-0.2, -0.15) is 0 Å². The highest BCUT2D eigenvalue weighted by atomic mass is 16.2. The highest BCUT2D eigenvalue weighted by molar-refractivity contribution is 5.89. The fraction of sp³-hybridized carbons (Fsp3) is 0.182. The SMILES string of the molecule is Cc1cccc(CNC(=O)Nc2ccc(N(C)Cc3ccccc3)cc2)n1. The molecule has 1 heterocycles. The standard InChI is InChI=1S/C22H24N4O/c1-17-7-6-10-20(24-17)15-23-22(27)25-19-11-13-21(14-12-19)26(2)16-18-8-4-3-5-9-18/h3-14H,15-16H2,1-2H3,(H2,23,25,27). The number of benzene rings is 2. The molecule has 0 bridgehead atoms. The first-order valence-electron chi connectivity index (χ1n) is 8.93. The lowest BCUT2D eigenvalue weighted by Crippen LogP contribution is -2.28. The summed E-state index contributed by atoms with van der Waals surface area (Å²) < 4.78 is 0. The normalized spacial score (nSPS) is 10.3. The first kappa shape index (κ1) is 18.5. The van der Waals surface area contributed by atoms with Gasteiger partial charge in [-0.15, -0.1) is 0 Å². The largest absolute Gasteiger partial charge is 0.370 e. The number of amides is 2. The Labute approximate surface area is 160 Å². The highest BCUT2D eigenvalue weighted by Crippen LogP contribution is 2.18. The molecule has 1 aromatic heterocycles. The maximum absolute atomic E-state index is 12.1. The van der Waals surface area contributed by atoms with Crippen LogP contribution in [0, 0.1) is 6.92 Å². The molecule has 0 radical (unpaired) electrons. The smallest absolute Gasteiger partial charge is 0.319 e. The van der Waals surface area contributed by atoms with Gasteiger partial charge in [0.1, 0.15) is 0 Å². The fourth-order valence-electron chi connectivity index (χ4n) is 2.79. The molecule has 0 atom stereocenters. The zero-order chi connectivity index (χ0) is 19.1. The summed E-state index contributed by atoms with van der Waals surface area (Å²) in [6.07, 6.45) is 0. The van der Waals surface area contributed by atoms with Gasteiger partial charge in [0.05, 0.1) is 12.2 Å². The Hall–Kier alpha value is -3.34. The molecule has 3 rings (SSSR count). The van der Waals surface area contributed by atoms with Crippen LogP contribution in [0.4, 0.5) is 16.2 Å². The van der Waals surface area contributed by atoms with Crippen molar-refractivity contribution >= 4 is 17.4 Å². The Bertz CT molecular complexity index is 878. The van der Waals surface area contributed by atoms with E-state index in [1.54, 1.807) is 0 Å². The van der Waals surface area contributed by atoms with Crippen LogP contribution in [-0.4, -0.2) is 18.1 Å². The second-order valence-electron chi connectivity index (χ2n) is 6.47. The monoisotopic (exact) mass is 360 g/mol. The number of aryl methyl sites for hydroxylation is 1. The molecule has 0 aliphatic rings. The predicted molar refractivity (Wildman–Crippen MR) is 110 cm³/mol. The molecular formula is C22H24N4O. The topological polar surface area (TPSA) is 57.3 Å². The predicted octanol–water partition coefficient (Wildman–Crippen LogP) is 4.35. The Balaban J connectivity index is 1.51. The number of nitrogens with zero attached hydrogens (tertiary/aromatic N) is 2. The van der Waals surface area contributed by atoms with Crippen LogP contribution in [0.5, 0.6) is 0 Å². The summed E-state index contributed by atoms with van der Waals surface area (Å²) in [6, 6.07) is 23.6. The number of carbonyl (C=O) groups is 1. The number of nitrogens with one attached hydrogen (secondary N) is 2. The van der Waals surface area contributed by atoms with E-state index in [0.29, 0.717) is 6.54 Å². The summed E-state index contributed by atoms with van der Waals surface area (Å²) in [5, 5.41) is 5.67. The fourth-order valence-corrected chi connectivity index (χ4v) is 2.79. The van der Waals surface area contributed by atoms with Crippen LogP contribution >= 0.6 is 0 Å². The van der Waals surface area contributed by atoms with Crippen LogP contribution in [0.15, 0.2) is 72.8 Å². The molecule has 0 fully saturated rings. The number of hydrogen-bond acceptors (Lipinski definition) is 3. The average molecular weight is 360 g/mol. The van der Waals surface area contributed by atoms with E-state index in [1.165, 1.54) is 5.56 Å². The van der Waals surface area contributed by atoms with Crippen molar-refractivity contribution in [3.63, 3.8) is 0 Å². The van der Waals surface area contributed by atoms with Gasteiger partial charge in [-0.1, -0.05) is 36.4 Å². The van der Waals surface area contributed by atoms with Crippen molar-refractivity contribution in [1.82, 2.24) is 10.3 Å². The van der Waals surface area contributed by atoms with Crippen LogP contribution < -0.4 is 15.5 Å². The summed E-state index contributed by atoms with van der Waals surface area (Å²) >= 11 is 0. The van der Waals surface area contributed by atoms with Crippen molar-refractivity contribution in [2.24, 2.45) is 0 Å². The van der Waals surface area contributed by atoms with Gasteiger partial charge in [-0.25, -0.2) is 4.79 Å². The molecule has 0 spiro atoms. The molecule has 138 valence electrons. The van der Waals surface area contributed by atoms with E-state index < -0.39 is 0 Å². The molecule has 0 saturated heterocycles. The minimum absolute atomic E-state index is 0.247. The minimum Gasteiger partial charge on any atom is -0.370 e. The third-order valence-corrected chi connectivity index (χ3v) is 4.20. The lowest BCUT2D eigenvalue weighted by molar-refractivity contribution is 0.251. The Morgan fingerprint density at radius 1 is 0.963 bits per heavy atom. The third-order valence-electron chi connectivity index (χ3n) is 4.20. The van der Waals surface area contributed by atoms with Gasteiger partial charge in [-0.3, -0.25) is 4.98 Å². The van der Waals surface area contributed by atoms with E-state index in [4.69, 9.17) is 0 Å². The van der Waals surface area contributed by atoms with Gasteiger partial charge in [0.2, 0.25) is 0 Å². The van der Waals surface area contributed by atoms with Crippen molar-refractivity contribution in [1.29, 1.82) is 0 Å². The van der Waals surface area contributed by atoms with Crippen molar-refractivity contribution in [3.05, 3.63) is 89.7 Å². The summed E-state index contributed by atoms with van der Waals surface area (Å²) in [5.41, 5.74) is 4.87. The lowest BCUT2D eigenvalue weighted by atomic mass is 10.2. The molecule has 0 unspecified atom stereocenters. The molecule has 27 heavy (non-hydrogen) atoms. The number of urea groups is 1. The summed E-state index contributed by atoms with van der Waals surface area (Å²) in [4.78, 5) is 18.6. The van der Waals surface area contributed by atoms with Gasteiger partial charge in [0, 0.05) is 30.7 Å². The second-order valence-corrected chi connectivity index (χ2v) is 6.47. The average Bonchev–Trinajstić information content (AvgIpc) is 2.68. The molecular weight excluding hydrogens is 336 g/mol. The van der Waals surface area contributed by atoms with E-state index in [1.807, 2.05) is 67.6 Å². The maximum atomic E-state index is 12.1. The second kappa shape index (κ2) is 8.85. The number of anilines is 2. The van der Waals surface area contributed by atoms with E-state index in [9.17, 15) is 4.79 Å². The van der Waals surface area contributed by atoms with Gasteiger partial charge < -0.3 is 15.5 Å². The molecule has 2 amide bonds. The van der Waals surface area contributed by atoms with Crippen LogP contribution in [0.25, 0.3) is 0 Å². The summed E-state index contributed by atoms with van der Waals surface area (Å²) in [5.74, 6) is 0. The minimum atomic E-state index is -0.247. The molecule has 5 heteroatoms. The van der Waals surface area contributed by atoms with E-state index >= 15 is 0 Å². The van der Waals surface area contributed by atoms with Crippen LogP contribution in [-0.2, 0) is 13.1 Å². The number of hydrogen-bond donors (Lipinski definition) is 2. The quantitative estimate of drug-likeness (QED) is 0.687. The molecule has 5 nitrogen and oxygen atoms in total. The Morgan fingerprint density at radius 2 is 1.70 bits per heavy atom. The zero-order valence-corrected chi connectivity index (χ0v) is 15.6. The van der Waals surface area contributed by atoms with Gasteiger partial charge >= 0.3 is 6.03 Å². The summed E-state index contributed by atoms with van der Waals surface area (Å²) in [7, 11) is 2.05. The van der Waals surface area contributed by atoms with E-state index in [2.05, 4.69) is 39.7 Å². The summed E-state index contributed by atoms with van der Waals surface area (Å²) in [6.45, 7) is 3.16. The maximum Gasteiger partial charge on any atom is 0.319 e. The Morgan fingerprint density at radius 3 is 2.41 bits per heavy atom. The first-order valence-corrected chi connectivity index (χ1v) is 8.93. The van der Waals surface area contributed by atoms with Crippen molar-refractivity contribution in [2.45, 2.75) is 20.0 Å². The Kier molecular flexibility index (Phi) is 6.05. The molecule has 2 N–H and O–H groups in total. The number of rotatable bonds is 6. The lowest BCUT2D eigenvalue weighted by Gasteiger charge is -2.20. The molecule has 0 saturated carbocycles. The van der Waals surface area contributed by atoms with Crippen molar-refractivity contribution in [2.75, 3.05) is 17.3 Å². The van der Waals surface area contributed by atoms with Crippen LogP contribution in [0.2, 0.25) is 0 Å². The first-order chi connectivity index (χ1) is 13.1. The van der Waals surface area contributed by atoms with Gasteiger partial charge in [-0.05, 0) is 48.9 Å². The van der Waals surface area contributed by atoms with Gasteiger partial charge in [0.25, 0.3) is 0 Å². The number of carbonyl (C=O) groups excluding carboxylic acids is 1. The highest BCUT2D eigenvalue weighted by Gasteiger charge is 2.05. The third kappa shape index (κ3) is 5.57. The van der Waals surface area contributed by atoms with E-state index in [0.717, 1.165) is 29.3 Å². The zero-order valence-electron chi connectivity index (χ0n) is 15.6. The number of pyridine rings is 1. The number of aromatic nitrogens is 1. The molecule has 3 aromatic rings. The van der Waals surface area contributed by atoms with Crippen molar-refractivity contribution < 1.29 is 4.79 Å². The van der Waals surface area contributed by atoms with E-state index in [-0.39, 0.29) is 6.03 Å². The van der Waals surface area contributed by atoms with Crippen LogP contribution in [0.1, 0.15) is 17.0 Å². The molecule has 0 aliphatic heterocycles. The van der Waals surface area contributed by atoms with Gasteiger partial charge in [0.15, 0.2) is 0 Å². The van der Waals surface area contributed by atoms with Crippen molar-refractivity contribution in [3.8, 4) is 0 Å². The van der Waals surface area contributed by atoms with Crippen LogP contribution in [0.3, 0.4) is 0 Å². The molecule has 0 aliphatic carbocycles. The molecule has 2 aromatic carbocycles.